The number of hydrogen-bond acceptors (Lipinski definition) is 4. The lowest BCUT2D eigenvalue weighted by Gasteiger charge is -2.26. The fraction of sp³-hybridized carbons (Fsp3) is 0.462. The summed E-state index contributed by atoms with van der Waals surface area (Å²) in [6, 6.07) is 6.31. The fourth-order valence-corrected chi connectivity index (χ4v) is 2.14. The Hall–Kier alpha value is -1.69. The summed E-state index contributed by atoms with van der Waals surface area (Å²) in [5.41, 5.74) is 6.79. The molecule has 0 saturated carbocycles. The monoisotopic (exact) mass is 269 g/mol. The largest absolute Gasteiger partial charge is 0.383 e. The van der Waals surface area contributed by atoms with Crippen molar-refractivity contribution < 1.29 is 13.5 Å². The Labute approximate surface area is 110 Å². The predicted octanol–water partition coefficient (Wildman–Crippen LogP) is 1.94. The van der Waals surface area contributed by atoms with E-state index in [4.69, 9.17) is 10.5 Å². The molecule has 104 valence electrons. The smallest absolute Gasteiger partial charge is 0.263 e. The molecule has 0 saturated heterocycles. The van der Waals surface area contributed by atoms with E-state index in [2.05, 4.69) is 4.99 Å². The maximum Gasteiger partial charge on any atom is 0.263 e. The van der Waals surface area contributed by atoms with Crippen molar-refractivity contribution in [3.05, 3.63) is 35.4 Å². The van der Waals surface area contributed by atoms with E-state index >= 15 is 0 Å². The molecule has 1 aromatic carbocycles. The van der Waals surface area contributed by atoms with Crippen LogP contribution in [0, 0.1) is 0 Å². The minimum Gasteiger partial charge on any atom is -0.383 e. The molecule has 1 aromatic rings. The molecule has 1 atom stereocenters. The topological polar surface area (TPSA) is 50.9 Å². The van der Waals surface area contributed by atoms with Gasteiger partial charge in [0.1, 0.15) is 0 Å². The maximum atomic E-state index is 12.5. The highest BCUT2D eigenvalue weighted by atomic mass is 19.3. The third-order valence-corrected chi connectivity index (χ3v) is 3.21. The summed E-state index contributed by atoms with van der Waals surface area (Å²) < 4.78 is 30.1. The van der Waals surface area contributed by atoms with Crippen LogP contribution in [0.15, 0.2) is 29.3 Å². The van der Waals surface area contributed by atoms with Crippen molar-refractivity contribution in [2.24, 2.45) is 10.7 Å². The molecule has 0 amide bonds. The van der Waals surface area contributed by atoms with Gasteiger partial charge < -0.3 is 15.4 Å². The minimum absolute atomic E-state index is 0.00173. The Bertz CT molecular complexity index is 448. The van der Waals surface area contributed by atoms with E-state index < -0.39 is 6.43 Å². The molecule has 1 unspecified atom stereocenters. The Morgan fingerprint density at radius 2 is 2.11 bits per heavy atom. The standard InChI is InChI=1S/C13H17F2N3O/c1-19-7-6-18-11(8-17-13(18)16)9-2-4-10(5-3-9)12(14)15/h2-5,11-12H,6-8H2,1H3,(H2,16,17). The Kier molecular flexibility index (Phi) is 4.31. The van der Waals surface area contributed by atoms with Gasteiger partial charge in [-0.25, -0.2) is 8.78 Å². The van der Waals surface area contributed by atoms with Crippen LogP contribution in [0.1, 0.15) is 23.6 Å². The number of hydrogen-bond donors (Lipinski definition) is 1. The highest BCUT2D eigenvalue weighted by Crippen LogP contribution is 2.27. The molecule has 2 rings (SSSR count). The van der Waals surface area contributed by atoms with E-state index in [1.165, 1.54) is 12.1 Å². The van der Waals surface area contributed by atoms with Gasteiger partial charge in [0.05, 0.1) is 19.2 Å². The average molecular weight is 269 g/mol. The summed E-state index contributed by atoms with van der Waals surface area (Å²) in [4.78, 5) is 6.13. The summed E-state index contributed by atoms with van der Waals surface area (Å²) in [6.45, 7) is 1.72. The molecule has 0 fully saturated rings. The molecule has 4 nitrogen and oxygen atoms in total. The van der Waals surface area contributed by atoms with Gasteiger partial charge in [0, 0.05) is 19.2 Å². The molecule has 0 aliphatic carbocycles. The summed E-state index contributed by atoms with van der Waals surface area (Å²) in [7, 11) is 1.62. The zero-order chi connectivity index (χ0) is 13.8. The van der Waals surface area contributed by atoms with Gasteiger partial charge in [-0.15, -0.1) is 0 Å². The van der Waals surface area contributed by atoms with Crippen molar-refractivity contribution in [1.82, 2.24) is 4.90 Å². The summed E-state index contributed by atoms with van der Waals surface area (Å²) in [5, 5.41) is 0. The molecule has 6 heteroatoms. The third-order valence-electron chi connectivity index (χ3n) is 3.21. The van der Waals surface area contributed by atoms with Crippen molar-refractivity contribution in [2.75, 3.05) is 26.8 Å². The first kappa shape index (κ1) is 13.7. The molecular weight excluding hydrogens is 252 g/mol. The van der Waals surface area contributed by atoms with Crippen LogP contribution in [-0.2, 0) is 4.74 Å². The lowest BCUT2D eigenvalue weighted by atomic mass is 10.0. The van der Waals surface area contributed by atoms with Crippen LogP contribution in [0.5, 0.6) is 0 Å². The summed E-state index contributed by atoms with van der Waals surface area (Å²) >= 11 is 0. The molecular formula is C13H17F2N3O. The van der Waals surface area contributed by atoms with Crippen LogP contribution in [0.3, 0.4) is 0 Å². The van der Waals surface area contributed by atoms with Gasteiger partial charge in [-0.2, -0.15) is 0 Å². The number of ether oxygens (including phenoxy) is 1. The van der Waals surface area contributed by atoms with Gasteiger partial charge in [-0.05, 0) is 5.56 Å². The van der Waals surface area contributed by atoms with Gasteiger partial charge in [-0.1, -0.05) is 24.3 Å². The van der Waals surface area contributed by atoms with Crippen LogP contribution in [0.25, 0.3) is 0 Å². The molecule has 1 aliphatic rings. The second-order valence-electron chi connectivity index (χ2n) is 4.37. The zero-order valence-corrected chi connectivity index (χ0v) is 10.7. The number of guanidine groups is 1. The molecule has 0 spiro atoms. The Balaban J connectivity index is 2.12. The number of rotatable bonds is 5. The number of benzene rings is 1. The van der Waals surface area contributed by atoms with Crippen molar-refractivity contribution >= 4 is 5.96 Å². The number of halogens is 2. The first-order chi connectivity index (χ1) is 9.13. The number of nitrogens with zero attached hydrogens (tertiary/aromatic N) is 2. The molecule has 0 bridgehead atoms. The number of methoxy groups -OCH3 is 1. The maximum absolute atomic E-state index is 12.5. The summed E-state index contributed by atoms with van der Waals surface area (Å²) in [5.74, 6) is 0.472. The van der Waals surface area contributed by atoms with E-state index in [0.29, 0.717) is 25.7 Å². The Morgan fingerprint density at radius 3 is 2.68 bits per heavy atom. The van der Waals surface area contributed by atoms with Crippen molar-refractivity contribution in [3.8, 4) is 0 Å². The zero-order valence-electron chi connectivity index (χ0n) is 10.7. The van der Waals surface area contributed by atoms with Crippen LogP contribution >= 0.6 is 0 Å². The molecule has 1 heterocycles. The van der Waals surface area contributed by atoms with Gasteiger partial charge in [0.15, 0.2) is 5.96 Å². The van der Waals surface area contributed by atoms with Gasteiger partial charge in [-0.3, -0.25) is 4.99 Å². The SMILES string of the molecule is COCCN1C(N)=NCC1c1ccc(C(F)F)cc1. The first-order valence-corrected chi connectivity index (χ1v) is 6.07. The lowest BCUT2D eigenvalue weighted by Crippen LogP contribution is -2.38. The van der Waals surface area contributed by atoms with E-state index in [-0.39, 0.29) is 11.6 Å². The molecule has 2 N–H and O–H groups in total. The summed E-state index contributed by atoms with van der Waals surface area (Å²) in [6.07, 6.45) is -2.44. The van der Waals surface area contributed by atoms with E-state index in [9.17, 15) is 8.78 Å². The third kappa shape index (κ3) is 3.01. The number of aliphatic imine (C=N–C) groups is 1. The normalized spacial score (nSPS) is 19.1. The van der Waals surface area contributed by atoms with Crippen molar-refractivity contribution in [2.45, 2.75) is 12.5 Å². The van der Waals surface area contributed by atoms with E-state index in [1.807, 2.05) is 4.90 Å². The average Bonchev–Trinajstić information content (AvgIpc) is 2.78. The number of alkyl halides is 2. The van der Waals surface area contributed by atoms with E-state index in [0.717, 1.165) is 5.56 Å². The second-order valence-corrected chi connectivity index (χ2v) is 4.37. The molecule has 1 aliphatic heterocycles. The van der Waals surface area contributed by atoms with Crippen molar-refractivity contribution in [1.29, 1.82) is 0 Å². The highest BCUT2D eigenvalue weighted by Gasteiger charge is 2.27. The van der Waals surface area contributed by atoms with Crippen LogP contribution in [0.4, 0.5) is 8.78 Å². The predicted molar refractivity (Wildman–Crippen MR) is 69.2 cm³/mol. The van der Waals surface area contributed by atoms with Crippen LogP contribution < -0.4 is 5.73 Å². The van der Waals surface area contributed by atoms with Gasteiger partial charge in [0.2, 0.25) is 0 Å². The van der Waals surface area contributed by atoms with Crippen LogP contribution in [-0.4, -0.2) is 37.7 Å². The quantitative estimate of drug-likeness (QED) is 0.888. The molecule has 19 heavy (non-hydrogen) atoms. The lowest BCUT2D eigenvalue weighted by molar-refractivity contribution is 0.151. The highest BCUT2D eigenvalue weighted by molar-refractivity contribution is 5.80. The number of nitrogens with two attached hydrogens (primary N) is 1. The molecule has 0 radical (unpaired) electrons. The Morgan fingerprint density at radius 1 is 1.42 bits per heavy atom. The minimum atomic E-state index is -2.44. The van der Waals surface area contributed by atoms with Gasteiger partial charge in [0.25, 0.3) is 6.43 Å². The van der Waals surface area contributed by atoms with Gasteiger partial charge >= 0.3 is 0 Å². The molecule has 0 aromatic heterocycles. The van der Waals surface area contributed by atoms with E-state index in [1.54, 1.807) is 19.2 Å². The second kappa shape index (κ2) is 5.97. The van der Waals surface area contributed by atoms with Crippen molar-refractivity contribution in [3.63, 3.8) is 0 Å². The first-order valence-electron chi connectivity index (χ1n) is 6.07. The van der Waals surface area contributed by atoms with Crippen LogP contribution in [0.2, 0.25) is 0 Å². The fourth-order valence-electron chi connectivity index (χ4n) is 2.14.